The van der Waals surface area contributed by atoms with Gasteiger partial charge in [0.25, 0.3) is 0 Å². The van der Waals surface area contributed by atoms with Gasteiger partial charge in [-0.25, -0.2) is 0 Å². The van der Waals surface area contributed by atoms with Crippen LogP contribution >= 0.6 is 0 Å². The van der Waals surface area contributed by atoms with Gasteiger partial charge in [0.15, 0.2) is 0 Å². The second kappa shape index (κ2) is 6.40. The molecular weight excluding hydrogens is 266 g/mol. The molecule has 1 heteroatoms. The smallest absolute Gasteiger partial charge is 0.0690 e. The lowest BCUT2D eigenvalue weighted by Gasteiger charge is -2.13. The molecule has 1 nitrogen and oxygen atoms in total. The van der Waals surface area contributed by atoms with Crippen molar-refractivity contribution in [2.24, 2.45) is 0 Å². The maximum absolute atomic E-state index is 8.62. The summed E-state index contributed by atoms with van der Waals surface area (Å²) in [6.07, 6.45) is 0.852. The van der Waals surface area contributed by atoms with Crippen molar-refractivity contribution in [3.05, 3.63) is 107 Å². The Morgan fingerprint density at radius 2 is 1.32 bits per heavy atom. The number of hydrogen-bond acceptors (Lipinski definition) is 1. The Hall–Kier alpha value is -2.67. The van der Waals surface area contributed by atoms with Gasteiger partial charge in [0, 0.05) is 11.1 Å². The quantitative estimate of drug-likeness (QED) is 0.652. The van der Waals surface area contributed by atoms with Crippen LogP contribution in [-0.4, -0.2) is 5.71 Å². The SMILES string of the molecule is Cc1ccccc1C(=N)c1ccccc1Cc1ccccc1. The van der Waals surface area contributed by atoms with E-state index in [1.165, 1.54) is 11.1 Å². The molecule has 0 aromatic heterocycles. The molecule has 0 saturated carbocycles. The van der Waals surface area contributed by atoms with E-state index >= 15 is 0 Å². The van der Waals surface area contributed by atoms with Gasteiger partial charge < -0.3 is 0 Å². The molecule has 0 amide bonds. The van der Waals surface area contributed by atoms with Crippen molar-refractivity contribution in [3.63, 3.8) is 0 Å². The third kappa shape index (κ3) is 2.99. The van der Waals surface area contributed by atoms with Crippen molar-refractivity contribution in [2.75, 3.05) is 0 Å². The molecule has 0 radical (unpaired) electrons. The summed E-state index contributed by atoms with van der Waals surface area (Å²) in [6, 6.07) is 26.7. The topological polar surface area (TPSA) is 23.9 Å². The van der Waals surface area contributed by atoms with E-state index in [1.807, 2.05) is 42.5 Å². The van der Waals surface area contributed by atoms with Crippen LogP contribution in [0.1, 0.15) is 27.8 Å². The minimum atomic E-state index is 0.602. The highest BCUT2D eigenvalue weighted by Crippen LogP contribution is 2.19. The third-order valence-electron chi connectivity index (χ3n) is 3.94. The van der Waals surface area contributed by atoms with Gasteiger partial charge in [-0.2, -0.15) is 0 Å². The van der Waals surface area contributed by atoms with Gasteiger partial charge in [0.1, 0.15) is 0 Å². The molecule has 0 spiro atoms. The average Bonchev–Trinajstić information content (AvgIpc) is 2.56. The zero-order chi connectivity index (χ0) is 15.4. The van der Waals surface area contributed by atoms with E-state index in [4.69, 9.17) is 5.41 Å². The number of hydrogen-bond donors (Lipinski definition) is 1. The summed E-state index contributed by atoms with van der Waals surface area (Å²) in [6.45, 7) is 2.06. The number of rotatable bonds is 4. The van der Waals surface area contributed by atoms with Crippen molar-refractivity contribution in [1.82, 2.24) is 0 Å². The summed E-state index contributed by atoms with van der Waals surface area (Å²) in [4.78, 5) is 0. The molecule has 0 aliphatic carbocycles. The van der Waals surface area contributed by atoms with Gasteiger partial charge in [-0.1, -0.05) is 78.9 Å². The standard InChI is InChI=1S/C21H19N/c1-16-9-5-7-13-19(16)21(22)20-14-8-6-12-18(20)15-17-10-3-2-4-11-17/h2-14,22H,15H2,1H3. The zero-order valence-corrected chi connectivity index (χ0v) is 12.7. The molecule has 0 bridgehead atoms. The Balaban J connectivity index is 1.98. The van der Waals surface area contributed by atoms with E-state index in [1.54, 1.807) is 0 Å². The van der Waals surface area contributed by atoms with E-state index < -0.39 is 0 Å². The maximum atomic E-state index is 8.62. The molecule has 0 aliphatic heterocycles. The molecule has 3 aromatic rings. The van der Waals surface area contributed by atoms with Crippen LogP contribution in [0.4, 0.5) is 0 Å². The number of benzene rings is 3. The second-order valence-electron chi connectivity index (χ2n) is 5.51. The first-order chi connectivity index (χ1) is 10.8. The largest absolute Gasteiger partial charge is 0.300 e. The van der Waals surface area contributed by atoms with Gasteiger partial charge >= 0.3 is 0 Å². The number of aryl methyl sites for hydroxylation is 1. The fourth-order valence-corrected chi connectivity index (χ4v) is 2.73. The Bertz CT molecular complexity index is 788. The van der Waals surface area contributed by atoms with Crippen molar-refractivity contribution < 1.29 is 0 Å². The van der Waals surface area contributed by atoms with E-state index in [2.05, 4.69) is 43.3 Å². The van der Waals surface area contributed by atoms with E-state index in [0.717, 1.165) is 23.1 Å². The lowest BCUT2D eigenvalue weighted by atomic mass is 9.92. The third-order valence-corrected chi connectivity index (χ3v) is 3.94. The molecule has 108 valence electrons. The molecule has 3 aromatic carbocycles. The van der Waals surface area contributed by atoms with Crippen LogP contribution in [0.5, 0.6) is 0 Å². The minimum absolute atomic E-state index is 0.602. The van der Waals surface area contributed by atoms with E-state index in [0.29, 0.717) is 5.71 Å². The second-order valence-corrected chi connectivity index (χ2v) is 5.51. The van der Waals surface area contributed by atoms with Crippen LogP contribution in [0.15, 0.2) is 78.9 Å². The van der Waals surface area contributed by atoms with Gasteiger partial charge in [-0.3, -0.25) is 5.41 Å². The minimum Gasteiger partial charge on any atom is -0.300 e. The lowest BCUT2D eigenvalue weighted by Crippen LogP contribution is -2.07. The highest BCUT2D eigenvalue weighted by Gasteiger charge is 2.11. The summed E-state index contributed by atoms with van der Waals surface area (Å²) < 4.78 is 0. The fraction of sp³-hybridized carbons (Fsp3) is 0.0952. The molecule has 0 unspecified atom stereocenters. The molecule has 0 atom stereocenters. The predicted molar refractivity (Wildman–Crippen MR) is 92.8 cm³/mol. The maximum Gasteiger partial charge on any atom is 0.0690 e. The normalized spacial score (nSPS) is 10.4. The van der Waals surface area contributed by atoms with Crippen LogP contribution in [0.2, 0.25) is 0 Å². The van der Waals surface area contributed by atoms with Crippen LogP contribution in [0.25, 0.3) is 0 Å². The summed E-state index contributed by atoms with van der Waals surface area (Å²) in [5.74, 6) is 0. The van der Waals surface area contributed by atoms with Crippen LogP contribution in [0.3, 0.4) is 0 Å². The van der Waals surface area contributed by atoms with Gasteiger partial charge in [0.05, 0.1) is 5.71 Å². The summed E-state index contributed by atoms with van der Waals surface area (Å²) in [7, 11) is 0. The first-order valence-electron chi connectivity index (χ1n) is 7.52. The molecular formula is C21H19N. The van der Waals surface area contributed by atoms with E-state index in [-0.39, 0.29) is 0 Å². The van der Waals surface area contributed by atoms with Crippen molar-refractivity contribution in [3.8, 4) is 0 Å². The summed E-state index contributed by atoms with van der Waals surface area (Å²) in [5.41, 5.74) is 6.23. The Labute approximate surface area is 131 Å². The zero-order valence-electron chi connectivity index (χ0n) is 12.7. The molecule has 22 heavy (non-hydrogen) atoms. The Morgan fingerprint density at radius 1 is 0.727 bits per heavy atom. The highest BCUT2D eigenvalue weighted by molar-refractivity contribution is 6.12. The predicted octanol–water partition coefficient (Wildman–Crippen LogP) is 5.00. The molecule has 1 N–H and O–H groups in total. The lowest BCUT2D eigenvalue weighted by molar-refractivity contribution is 1.18. The first kappa shape index (κ1) is 14.3. The summed E-state index contributed by atoms with van der Waals surface area (Å²) >= 11 is 0. The molecule has 3 rings (SSSR count). The monoisotopic (exact) mass is 285 g/mol. The van der Waals surface area contributed by atoms with Crippen LogP contribution < -0.4 is 0 Å². The van der Waals surface area contributed by atoms with Gasteiger partial charge in [-0.15, -0.1) is 0 Å². The molecule has 0 fully saturated rings. The Kier molecular flexibility index (Phi) is 4.15. The molecule has 0 aliphatic rings. The average molecular weight is 285 g/mol. The summed E-state index contributed by atoms with van der Waals surface area (Å²) in [5, 5.41) is 8.62. The van der Waals surface area contributed by atoms with Crippen molar-refractivity contribution >= 4 is 5.71 Å². The fourth-order valence-electron chi connectivity index (χ4n) is 2.73. The first-order valence-corrected chi connectivity index (χ1v) is 7.52. The molecule has 0 heterocycles. The Morgan fingerprint density at radius 3 is 2.05 bits per heavy atom. The van der Waals surface area contributed by atoms with Crippen LogP contribution in [-0.2, 0) is 6.42 Å². The van der Waals surface area contributed by atoms with Crippen molar-refractivity contribution in [1.29, 1.82) is 5.41 Å². The van der Waals surface area contributed by atoms with Crippen molar-refractivity contribution in [2.45, 2.75) is 13.3 Å². The van der Waals surface area contributed by atoms with Crippen LogP contribution in [0, 0.1) is 12.3 Å². The van der Waals surface area contributed by atoms with Gasteiger partial charge in [-0.05, 0) is 30.0 Å². The number of nitrogens with one attached hydrogen (secondary N) is 1. The highest BCUT2D eigenvalue weighted by atomic mass is 14.4. The van der Waals surface area contributed by atoms with E-state index in [9.17, 15) is 0 Å². The molecule has 0 saturated heterocycles. The van der Waals surface area contributed by atoms with Gasteiger partial charge in [0.2, 0.25) is 0 Å².